The van der Waals surface area contributed by atoms with Crippen molar-refractivity contribution in [2.24, 2.45) is 5.92 Å². The van der Waals surface area contributed by atoms with E-state index >= 15 is 0 Å². The van der Waals surface area contributed by atoms with Crippen molar-refractivity contribution in [2.75, 3.05) is 13.2 Å². The Hall–Kier alpha value is -0.120. The molecule has 0 aromatic carbocycles. The minimum Gasteiger partial charge on any atom is -0.395 e. The summed E-state index contributed by atoms with van der Waals surface area (Å²) >= 11 is 0. The van der Waals surface area contributed by atoms with Crippen molar-refractivity contribution in [2.45, 2.75) is 38.0 Å². The van der Waals surface area contributed by atoms with Crippen molar-refractivity contribution in [3.8, 4) is 0 Å². The Morgan fingerprint density at radius 2 is 2.33 bits per heavy atom. The van der Waals surface area contributed by atoms with Gasteiger partial charge in [0.25, 0.3) is 0 Å². The highest BCUT2D eigenvalue weighted by Crippen LogP contribution is 2.38. The third kappa shape index (κ3) is 1.26. The van der Waals surface area contributed by atoms with Crippen LogP contribution in [0.25, 0.3) is 0 Å². The molecule has 2 saturated heterocycles. The highest BCUT2D eigenvalue weighted by atomic mass is 16.5. The molecule has 0 aromatic heterocycles. The first-order chi connectivity index (χ1) is 5.62. The maximum atomic E-state index is 9.04. The Kier molecular flexibility index (Phi) is 1.90. The van der Waals surface area contributed by atoms with Crippen LogP contribution in [0.2, 0.25) is 0 Å². The van der Waals surface area contributed by atoms with Gasteiger partial charge < -0.3 is 15.2 Å². The molecule has 0 unspecified atom stereocenters. The minimum atomic E-state index is 0.0187. The predicted molar refractivity (Wildman–Crippen MR) is 45.9 cm³/mol. The largest absolute Gasteiger partial charge is 0.395 e. The Labute approximate surface area is 73.1 Å². The van der Waals surface area contributed by atoms with Gasteiger partial charge in [0.15, 0.2) is 0 Å². The average molecular weight is 171 g/mol. The minimum absolute atomic E-state index is 0.0187. The first-order valence-corrected chi connectivity index (χ1v) is 4.64. The Balaban J connectivity index is 2.06. The molecule has 0 saturated carbocycles. The zero-order chi connectivity index (χ0) is 8.77. The second-order valence-electron chi connectivity index (χ2n) is 4.50. The van der Waals surface area contributed by atoms with Gasteiger partial charge in [0.1, 0.15) is 0 Å². The highest BCUT2D eigenvalue weighted by molar-refractivity contribution is 4.99. The molecule has 70 valence electrons. The van der Waals surface area contributed by atoms with Crippen LogP contribution in [0, 0.1) is 5.92 Å². The molecule has 2 rings (SSSR count). The van der Waals surface area contributed by atoms with E-state index in [4.69, 9.17) is 9.84 Å². The summed E-state index contributed by atoms with van der Waals surface area (Å²) in [5.74, 6) is 0.608. The van der Waals surface area contributed by atoms with Crippen LogP contribution in [-0.4, -0.2) is 36.0 Å². The Morgan fingerprint density at radius 1 is 1.58 bits per heavy atom. The van der Waals surface area contributed by atoms with Gasteiger partial charge in [0, 0.05) is 12.5 Å². The molecule has 3 nitrogen and oxygen atoms in total. The van der Waals surface area contributed by atoms with Crippen molar-refractivity contribution >= 4 is 0 Å². The third-order valence-corrected chi connectivity index (χ3v) is 2.91. The van der Waals surface area contributed by atoms with Gasteiger partial charge in [0.05, 0.1) is 24.4 Å². The molecule has 0 bridgehead atoms. The molecule has 2 N–H and O–H groups in total. The van der Waals surface area contributed by atoms with Crippen LogP contribution in [0.3, 0.4) is 0 Å². The number of aliphatic hydroxyl groups is 1. The van der Waals surface area contributed by atoms with E-state index < -0.39 is 0 Å². The topological polar surface area (TPSA) is 41.5 Å². The zero-order valence-corrected chi connectivity index (χ0v) is 7.71. The predicted octanol–water partition coefficient (Wildman–Crippen LogP) is 0.134. The maximum Gasteiger partial charge on any atom is 0.0798 e. The summed E-state index contributed by atoms with van der Waals surface area (Å²) in [6.45, 7) is 5.44. The maximum absolute atomic E-state index is 9.04. The van der Waals surface area contributed by atoms with Gasteiger partial charge in [-0.2, -0.15) is 0 Å². The van der Waals surface area contributed by atoms with E-state index in [0.29, 0.717) is 5.92 Å². The lowest BCUT2D eigenvalue weighted by Crippen LogP contribution is -2.37. The summed E-state index contributed by atoms with van der Waals surface area (Å²) in [4.78, 5) is 0. The van der Waals surface area contributed by atoms with Gasteiger partial charge >= 0.3 is 0 Å². The monoisotopic (exact) mass is 171 g/mol. The van der Waals surface area contributed by atoms with Crippen molar-refractivity contribution in [3.63, 3.8) is 0 Å². The Morgan fingerprint density at radius 3 is 3.00 bits per heavy atom. The second-order valence-corrected chi connectivity index (χ2v) is 4.50. The average Bonchev–Trinajstić information content (AvgIpc) is 2.42. The molecule has 3 atom stereocenters. The van der Waals surface area contributed by atoms with Gasteiger partial charge in [0.2, 0.25) is 0 Å². The van der Waals surface area contributed by atoms with Crippen LogP contribution in [0.15, 0.2) is 0 Å². The van der Waals surface area contributed by atoms with Gasteiger partial charge in [-0.15, -0.1) is 0 Å². The standard InChI is InChI=1S/C9H17NO2/c1-9(2)3-6-4-10-7(5-11)8(6)12-9/h6-8,10-11H,3-5H2,1-2H3/t6-,7+,8-/m0/s1. The second kappa shape index (κ2) is 2.69. The van der Waals surface area contributed by atoms with Gasteiger partial charge in [-0.05, 0) is 20.3 Å². The summed E-state index contributed by atoms with van der Waals surface area (Å²) in [5.41, 5.74) is 0.0187. The normalized spacial score (nSPS) is 44.8. The molecule has 12 heavy (non-hydrogen) atoms. The zero-order valence-electron chi connectivity index (χ0n) is 7.71. The number of rotatable bonds is 1. The Bertz CT molecular complexity index is 181. The van der Waals surface area contributed by atoms with Crippen molar-refractivity contribution < 1.29 is 9.84 Å². The fraction of sp³-hybridized carbons (Fsp3) is 1.00. The van der Waals surface area contributed by atoms with Crippen molar-refractivity contribution in [3.05, 3.63) is 0 Å². The summed E-state index contributed by atoms with van der Waals surface area (Å²) in [6.07, 6.45) is 1.35. The lowest BCUT2D eigenvalue weighted by Gasteiger charge is -2.22. The molecule has 3 heteroatoms. The van der Waals surface area contributed by atoms with E-state index in [0.717, 1.165) is 13.0 Å². The summed E-state index contributed by atoms with van der Waals surface area (Å²) in [5, 5.41) is 12.3. The molecular weight excluding hydrogens is 154 g/mol. The smallest absolute Gasteiger partial charge is 0.0798 e. The van der Waals surface area contributed by atoms with Gasteiger partial charge in [-0.1, -0.05) is 0 Å². The van der Waals surface area contributed by atoms with Crippen LogP contribution in [-0.2, 0) is 4.74 Å². The lowest BCUT2D eigenvalue weighted by atomic mass is 9.95. The SMILES string of the molecule is CC1(C)C[C@H]2CN[C@H](CO)[C@H]2O1. The molecule has 2 heterocycles. The summed E-state index contributed by atoms with van der Waals surface area (Å²) < 4.78 is 5.85. The third-order valence-electron chi connectivity index (χ3n) is 2.91. The van der Waals surface area contributed by atoms with Crippen LogP contribution in [0.1, 0.15) is 20.3 Å². The molecule has 0 spiro atoms. The summed E-state index contributed by atoms with van der Waals surface area (Å²) in [7, 11) is 0. The molecule has 2 aliphatic rings. The van der Waals surface area contributed by atoms with E-state index in [2.05, 4.69) is 19.2 Å². The number of hydrogen-bond donors (Lipinski definition) is 2. The van der Waals surface area contributed by atoms with Crippen LogP contribution in [0.5, 0.6) is 0 Å². The van der Waals surface area contributed by atoms with Gasteiger partial charge in [-0.25, -0.2) is 0 Å². The fourth-order valence-electron chi connectivity index (χ4n) is 2.45. The molecule has 0 amide bonds. The first-order valence-electron chi connectivity index (χ1n) is 4.64. The van der Waals surface area contributed by atoms with Gasteiger partial charge in [-0.3, -0.25) is 0 Å². The van der Waals surface area contributed by atoms with E-state index in [9.17, 15) is 0 Å². The molecule has 2 aliphatic heterocycles. The number of nitrogens with one attached hydrogen (secondary N) is 1. The van der Waals surface area contributed by atoms with Crippen LogP contribution < -0.4 is 5.32 Å². The van der Waals surface area contributed by atoms with Crippen molar-refractivity contribution in [1.29, 1.82) is 0 Å². The highest BCUT2D eigenvalue weighted by Gasteiger charge is 2.47. The van der Waals surface area contributed by atoms with E-state index in [-0.39, 0.29) is 24.4 Å². The molecule has 0 aromatic rings. The first kappa shape index (κ1) is 8.48. The van der Waals surface area contributed by atoms with E-state index in [1.807, 2.05) is 0 Å². The summed E-state index contributed by atoms with van der Waals surface area (Å²) in [6, 6.07) is 0.164. The van der Waals surface area contributed by atoms with Crippen LogP contribution in [0.4, 0.5) is 0 Å². The van der Waals surface area contributed by atoms with Crippen molar-refractivity contribution in [1.82, 2.24) is 5.32 Å². The molecule has 0 radical (unpaired) electrons. The lowest BCUT2D eigenvalue weighted by molar-refractivity contribution is -0.0337. The molecular formula is C9H17NO2. The molecule has 2 fully saturated rings. The fourth-order valence-corrected chi connectivity index (χ4v) is 2.45. The van der Waals surface area contributed by atoms with E-state index in [1.165, 1.54) is 0 Å². The molecule has 0 aliphatic carbocycles. The van der Waals surface area contributed by atoms with Crippen LogP contribution >= 0.6 is 0 Å². The number of ether oxygens (including phenoxy) is 1. The number of aliphatic hydroxyl groups excluding tert-OH is 1. The quantitative estimate of drug-likeness (QED) is 0.589. The number of hydrogen-bond acceptors (Lipinski definition) is 3. The number of fused-ring (bicyclic) bond motifs is 1. The van der Waals surface area contributed by atoms with E-state index in [1.54, 1.807) is 0 Å².